The highest BCUT2D eigenvalue weighted by molar-refractivity contribution is 6.50. The summed E-state index contributed by atoms with van der Waals surface area (Å²) in [6, 6.07) is 10.8. The van der Waals surface area contributed by atoms with E-state index in [0.717, 1.165) is 5.52 Å². The van der Waals surface area contributed by atoms with E-state index in [0.29, 0.717) is 22.3 Å². The Labute approximate surface area is 171 Å². The summed E-state index contributed by atoms with van der Waals surface area (Å²) < 4.78 is 21.1. The van der Waals surface area contributed by atoms with Crippen LogP contribution in [0.1, 0.15) is 11.1 Å². The van der Waals surface area contributed by atoms with Crippen LogP contribution in [0.5, 0.6) is 5.75 Å². The average molecular weight is 410 g/mol. The lowest BCUT2D eigenvalue weighted by Gasteiger charge is -2.11. The Kier molecular flexibility index (Phi) is 5.11. The molecule has 1 unspecified atom stereocenters. The molecule has 0 fully saturated rings. The molecule has 2 aromatic carbocycles. The number of carbonyl (C=O) groups excluding carboxylic acids is 2. The third-order valence-corrected chi connectivity index (χ3v) is 4.93. The van der Waals surface area contributed by atoms with E-state index in [2.05, 4.69) is 5.32 Å². The van der Waals surface area contributed by atoms with Crippen LogP contribution in [0.2, 0.25) is 0 Å². The summed E-state index contributed by atoms with van der Waals surface area (Å²) in [5.41, 5.74) is 1.93. The fraction of sp³-hybridized carbons (Fsp3) is 0.182. The van der Waals surface area contributed by atoms with Gasteiger partial charge in [-0.15, -0.1) is 0 Å². The molecule has 1 atom stereocenters. The van der Waals surface area contributed by atoms with E-state index in [4.69, 9.17) is 9.84 Å². The van der Waals surface area contributed by atoms with Gasteiger partial charge in [-0.1, -0.05) is 12.1 Å². The molecule has 154 valence electrons. The normalized spacial score (nSPS) is 15.1. The van der Waals surface area contributed by atoms with E-state index in [-0.39, 0.29) is 17.8 Å². The van der Waals surface area contributed by atoms with Gasteiger partial charge in [-0.25, -0.2) is 4.39 Å². The highest BCUT2D eigenvalue weighted by atomic mass is 19.1. The van der Waals surface area contributed by atoms with E-state index < -0.39 is 30.3 Å². The fourth-order valence-electron chi connectivity index (χ4n) is 3.54. The highest BCUT2D eigenvalue weighted by Gasteiger charge is 2.34. The number of ether oxygens (including phenoxy) is 1. The number of carbonyl (C=O) groups is 2. The number of halogens is 1. The molecular weight excluding hydrogens is 391 g/mol. The predicted molar refractivity (Wildman–Crippen MR) is 108 cm³/mol. The molecule has 0 spiro atoms. The van der Waals surface area contributed by atoms with Crippen molar-refractivity contribution in [2.75, 3.05) is 13.2 Å². The molecule has 0 saturated carbocycles. The molecule has 30 heavy (non-hydrogen) atoms. The molecule has 0 radical (unpaired) electrons. The summed E-state index contributed by atoms with van der Waals surface area (Å²) in [5.74, 6) is -1.20. The van der Waals surface area contributed by atoms with Crippen molar-refractivity contribution >= 4 is 33.9 Å². The van der Waals surface area contributed by atoms with E-state index in [1.165, 1.54) is 12.1 Å². The van der Waals surface area contributed by atoms with Gasteiger partial charge in [-0.2, -0.15) is 0 Å². The van der Waals surface area contributed by atoms with Crippen LogP contribution >= 0.6 is 0 Å². The number of nitrogens with zero attached hydrogens (tertiary/aromatic N) is 1. The largest absolute Gasteiger partial charge is 0.491 e. The Morgan fingerprint density at radius 2 is 1.90 bits per heavy atom. The predicted octanol–water partition coefficient (Wildman–Crippen LogP) is 1.62. The monoisotopic (exact) mass is 410 g/mol. The number of hydrogen-bond acceptors (Lipinski definition) is 5. The van der Waals surface area contributed by atoms with E-state index in [9.17, 15) is 19.1 Å². The molecule has 3 N–H and O–H groups in total. The number of aliphatic hydroxyl groups excluding tert-OH is 2. The second-order valence-electron chi connectivity index (χ2n) is 7.02. The van der Waals surface area contributed by atoms with Gasteiger partial charge in [0.1, 0.15) is 24.3 Å². The SMILES string of the molecule is Cn1cc(C2=C(c3cccc(OCC(O)CO)c3)C(=O)NC2=O)c2cc(F)ccc21. The fourth-order valence-corrected chi connectivity index (χ4v) is 3.54. The third kappa shape index (κ3) is 3.47. The summed E-state index contributed by atoms with van der Waals surface area (Å²) in [6.45, 7) is -0.566. The number of amides is 2. The van der Waals surface area contributed by atoms with E-state index in [1.54, 1.807) is 48.1 Å². The van der Waals surface area contributed by atoms with Crippen LogP contribution < -0.4 is 10.1 Å². The summed E-state index contributed by atoms with van der Waals surface area (Å²) in [4.78, 5) is 25.3. The minimum atomic E-state index is -1.04. The van der Waals surface area contributed by atoms with Crippen LogP contribution in [0.25, 0.3) is 22.0 Å². The summed E-state index contributed by atoms with van der Waals surface area (Å²) >= 11 is 0. The van der Waals surface area contributed by atoms with Gasteiger partial charge in [-0.05, 0) is 35.9 Å². The second kappa shape index (κ2) is 7.74. The quantitative estimate of drug-likeness (QED) is 0.536. The topological polar surface area (TPSA) is 101 Å². The number of aromatic nitrogens is 1. The minimum Gasteiger partial charge on any atom is -0.491 e. The van der Waals surface area contributed by atoms with Crippen molar-refractivity contribution in [2.24, 2.45) is 7.05 Å². The van der Waals surface area contributed by atoms with E-state index in [1.807, 2.05) is 0 Å². The molecule has 0 aliphatic carbocycles. The van der Waals surface area contributed by atoms with Crippen LogP contribution in [0.4, 0.5) is 4.39 Å². The van der Waals surface area contributed by atoms with Gasteiger partial charge in [0.15, 0.2) is 0 Å². The Hall–Kier alpha value is -3.49. The standard InChI is InChI=1S/C22H19FN2O5/c1-25-9-17(16-8-13(23)5-6-18(16)25)20-19(21(28)24-22(20)29)12-3-2-4-15(7-12)30-11-14(27)10-26/h2-9,14,26-27H,10-11H2,1H3,(H,24,28,29). The zero-order valence-electron chi connectivity index (χ0n) is 16.1. The zero-order valence-corrected chi connectivity index (χ0v) is 16.1. The van der Waals surface area contributed by atoms with Crippen LogP contribution in [-0.2, 0) is 16.6 Å². The number of nitrogens with one attached hydrogen (secondary N) is 1. The molecule has 0 bridgehead atoms. The first kappa shape index (κ1) is 19.8. The molecular formula is C22H19FN2O5. The molecule has 2 amide bonds. The van der Waals surface area contributed by atoms with Gasteiger partial charge in [0.2, 0.25) is 0 Å². The van der Waals surface area contributed by atoms with Crippen LogP contribution in [0, 0.1) is 5.82 Å². The number of fused-ring (bicyclic) bond motifs is 1. The maximum Gasteiger partial charge on any atom is 0.259 e. The molecule has 2 heterocycles. The van der Waals surface area contributed by atoms with E-state index >= 15 is 0 Å². The number of aliphatic hydroxyl groups is 2. The first-order valence-corrected chi connectivity index (χ1v) is 9.26. The first-order valence-electron chi connectivity index (χ1n) is 9.26. The average Bonchev–Trinajstić information content (AvgIpc) is 3.20. The Morgan fingerprint density at radius 1 is 1.13 bits per heavy atom. The van der Waals surface area contributed by atoms with Crippen LogP contribution in [-0.4, -0.2) is 45.9 Å². The molecule has 3 aromatic rings. The molecule has 1 aromatic heterocycles. The van der Waals surface area contributed by atoms with Crippen molar-refractivity contribution in [2.45, 2.75) is 6.10 Å². The number of imide groups is 1. The van der Waals surface area contributed by atoms with Crippen molar-refractivity contribution in [1.29, 1.82) is 0 Å². The summed E-state index contributed by atoms with van der Waals surface area (Å²) in [7, 11) is 1.78. The van der Waals surface area contributed by atoms with Gasteiger partial charge in [-0.3, -0.25) is 14.9 Å². The molecule has 8 heteroatoms. The Morgan fingerprint density at radius 3 is 2.67 bits per heavy atom. The van der Waals surface area contributed by atoms with Crippen molar-refractivity contribution in [3.63, 3.8) is 0 Å². The summed E-state index contributed by atoms with van der Waals surface area (Å²) in [6.07, 6.45) is 0.653. The van der Waals surface area contributed by atoms with Crippen molar-refractivity contribution < 1.29 is 28.9 Å². The van der Waals surface area contributed by atoms with Gasteiger partial charge < -0.3 is 19.5 Å². The minimum absolute atomic E-state index is 0.125. The van der Waals surface area contributed by atoms with Crippen molar-refractivity contribution in [3.8, 4) is 5.75 Å². The van der Waals surface area contributed by atoms with Crippen molar-refractivity contribution in [1.82, 2.24) is 9.88 Å². The lowest BCUT2D eigenvalue weighted by atomic mass is 9.96. The maximum absolute atomic E-state index is 13.9. The molecule has 1 aliphatic heterocycles. The third-order valence-electron chi connectivity index (χ3n) is 4.93. The highest BCUT2D eigenvalue weighted by Crippen LogP contribution is 2.36. The van der Waals surface area contributed by atoms with Crippen LogP contribution in [0.3, 0.4) is 0 Å². The Balaban J connectivity index is 1.85. The number of rotatable bonds is 6. The lowest BCUT2D eigenvalue weighted by Crippen LogP contribution is -2.22. The maximum atomic E-state index is 13.9. The molecule has 0 saturated heterocycles. The molecule has 7 nitrogen and oxygen atoms in total. The van der Waals surface area contributed by atoms with Crippen LogP contribution in [0.15, 0.2) is 48.7 Å². The molecule has 1 aliphatic rings. The van der Waals surface area contributed by atoms with Gasteiger partial charge in [0.25, 0.3) is 11.8 Å². The number of hydrogen-bond donors (Lipinski definition) is 3. The first-order chi connectivity index (χ1) is 14.4. The van der Waals surface area contributed by atoms with Crippen molar-refractivity contribution in [3.05, 3.63) is 65.6 Å². The lowest BCUT2D eigenvalue weighted by molar-refractivity contribution is -0.122. The number of aryl methyl sites for hydroxylation is 1. The zero-order chi connectivity index (χ0) is 21.4. The molecule has 4 rings (SSSR count). The summed E-state index contributed by atoms with van der Waals surface area (Å²) in [5, 5.41) is 21.2. The second-order valence-corrected chi connectivity index (χ2v) is 7.02. The smallest absolute Gasteiger partial charge is 0.259 e. The van der Waals surface area contributed by atoms with Gasteiger partial charge in [0, 0.05) is 29.7 Å². The number of benzene rings is 2. The Bertz CT molecular complexity index is 1200. The van der Waals surface area contributed by atoms with Gasteiger partial charge in [0.05, 0.1) is 17.8 Å². The van der Waals surface area contributed by atoms with Gasteiger partial charge >= 0.3 is 0 Å².